The van der Waals surface area contributed by atoms with E-state index in [1.54, 1.807) is 0 Å². The molecule has 0 aliphatic carbocycles. The Balaban J connectivity index is 2.37. The summed E-state index contributed by atoms with van der Waals surface area (Å²) in [5.41, 5.74) is 4.13. The fraction of sp³-hybridized carbons (Fsp3) is 0.278. The van der Waals surface area contributed by atoms with Gasteiger partial charge in [-0.05, 0) is 44.0 Å². The minimum absolute atomic E-state index is 0.338. The predicted molar refractivity (Wildman–Crippen MR) is 83.7 cm³/mol. The van der Waals surface area contributed by atoms with Gasteiger partial charge in [0.1, 0.15) is 6.07 Å². The van der Waals surface area contributed by atoms with E-state index < -0.39 is 0 Å². The number of rotatable bonds is 4. The molecule has 0 bridgehead atoms. The zero-order valence-electron chi connectivity index (χ0n) is 12.3. The van der Waals surface area contributed by atoms with Crippen molar-refractivity contribution in [3.8, 4) is 6.07 Å². The van der Waals surface area contributed by atoms with Crippen molar-refractivity contribution in [2.24, 2.45) is 0 Å². The Labute approximate surface area is 121 Å². The Kier molecular flexibility index (Phi) is 4.42. The lowest BCUT2D eigenvalue weighted by molar-refractivity contribution is 0.681. The molecule has 0 aliphatic heterocycles. The second kappa shape index (κ2) is 6.25. The number of hydrogen-bond donors (Lipinski definition) is 0. The van der Waals surface area contributed by atoms with E-state index in [4.69, 9.17) is 0 Å². The second-order valence-corrected chi connectivity index (χ2v) is 5.34. The summed E-state index contributed by atoms with van der Waals surface area (Å²) in [6.45, 7) is 7.14. The molecule has 0 aromatic heterocycles. The van der Waals surface area contributed by atoms with Gasteiger partial charge in [-0.1, -0.05) is 36.4 Å². The molecule has 2 heteroatoms. The van der Waals surface area contributed by atoms with Crippen molar-refractivity contribution in [3.63, 3.8) is 0 Å². The van der Waals surface area contributed by atoms with Crippen LogP contribution in [0.3, 0.4) is 0 Å². The minimum atomic E-state index is 0.338. The summed E-state index contributed by atoms with van der Waals surface area (Å²) < 4.78 is 0. The molecule has 0 saturated heterocycles. The number of anilines is 1. The van der Waals surface area contributed by atoms with E-state index in [9.17, 15) is 5.26 Å². The van der Waals surface area contributed by atoms with E-state index in [0.717, 1.165) is 23.4 Å². The summed E-state index contributed by atoms with van der Waals surface area (Å²) in [4.78, 5) is 2.27. The first-order valence-corrected chi connectivity index (χ1v) is 6.93. The standard InChI is InChI=1S/C18H20N2/c1-14(2)20(13-16-7-5-4-6-8-16)18-10-9-15(3)11-17(18)12-19/h4-11,14H,13H2,1-3H3. The van der Waals surface area contributed by atoms with Gasteiger partial charge in [0.15, 0.2) is 0 Å². The first kappa shape index (κ1) is 14.1. The summed E-state index contributed by atoms with van der Waals surface area (Å²) in [5.74, 6) is 0. The van der Waals surface area contributed by atoms with Gasteiger partial charge in [0.25, 0.3) is 0 Å². The maximum atomic E-state index is 9.36. The van der Waals surface area contributed by atoms with Gasteiger partial charge in [0.05, 0.1) is 11.3 Å². The van der Waals surface area contributed by atoms with Gasteiger partial charge in [-0.3, -0.25) is 0 Å². The number of aryl methyl sites for hydroxylation is 1. The fourth-order valence-electron chi connectivity index (χ4n) is 2.32. The van der Waals surface area contributed by atoms with Gasteiger partial charge in [0, 0.05) is 12.6 Å². The highest BCUT2D eigenvalue weighted by Crippen LogP contribution is 2.25. The topological polar surface area (TPSA) is 27.0 Å². The van der Waals surface area contributed by atoms with Gasteiger partial charge in [-0.15, -0.1) is 0 Å². The molecule has 20 heavy (non-hydrogen) atoms. The number of nitrogens with zero attached hydrogens (tertiary/aromatic N) is 2. The molecule has 2 rings (SSSR count). The van der Waals surface area contributed by atoms with Crippen molar-refractivity contribution in [3.05, 3.63) is 65.2 Å². The third-order valence-corrected chi connectivity index (χ3v) is 3.40. The van der Waals surface area contributed by atoms with Crippen molar-refractivity contribution in [1.29, 1.82) is 5.26 Å². The van der Waals surface area contributed by atoms with Gasteiger partial charge >= 0.3 is 0 Å². The van der Waals surface area contributed by atoms with Crippen molar-refractivity contribution >= 4 is 5.69 Å². The zero-order chi connectivity index (χ0) is 14.5. The molecule has 0 fully saturated rings. The van der Waals surface area contributed by atoms with Gasteiger partial charge in [-0.25, -0.2) is 0 Å². The van der Waals surface area contributed by atoms with Crippen LogP contribution in [0.4, 0.5) is 5.69 Å². The second-order valence-electron chi connectivity index (χ2n) is 5.34. The summed E-state index contributed by atoms with van der Waals surface area (Å²) in [6.07, 6.45) is 0. The van der Waals surface area contributed by atoms with Crippen LogP contribution in [0.5, 0.6) is 0 Å². The van der Waals surface area contributed by atoms with E-state index in [2.05, 4.69) is 49.1 Å². The van der Waals surface area contributed by atoms with Crippen LogP contribution in [0, 0.1) is 18.3 Å². The van der Waals surface area contributed by atoms with E-state index in [-0.39, 0.29) is 0 Å². The average Bonchev–Trinajstić information content (AvgIpc) is 2.46. The maximum Gasteiger partial charge on any atom is 0.101 e. The van der Waals surface area contributed by atoms with Crippen molar-refractivity contribution in [2.45, 2.75) is 33.4 Å². The Morgan fingerprint density at radius 2 is 1.80 bits per heavy atom. The Hall–Kier alpha value is -2.27. The molecule has 2 nitrogen and oxygen atoms in total. The third-order valence-electron chi connectivity index (χ3n) is 3.40. The lowest BCUT2D eigenvalue weighted by atomic mass is 10.1. The number of nitriles is 1. The first-order chi connectivity index (χ1) is 9.61. The Morgan fingerprint density at radius 3 is 2.40 bits per heavy atom. The van der Waals surface area contributed by atoms with E-state index in [0.29, 0.717) is 6.04 Å². The van der Waals surface area contributed by atoms with E-state index in [1.165, 1.54) is 5.56 Å². The molecular formula is C18H20N2. The molecule has 0 spiro atoms. The zero-order valence-corrected chi connectivity index (χ0v) is 12.3. The molecule has 0 atom stereocenters. The van der Waals surface area contributed by atoms with E-state index >= 15 is 0 Å². The summed E-state index contributed by atoms with van der Waals surface area (Å²) in [6, 6.07) is 19.1. The van der Waals surface area contributed by atoms with Crippen LogP contribution < -0.4 is 4.90 Å². The van der Waals surface area contributed by atoms with Gasteiger partial charge in [-0.2, -0.15) is 5.26 Å². The molecule has 2 aromatic rings. The van der Waals surface area contributed by atoms with Crippen LogP contribution >= 0.6 is 0 Å². The summed E-state index contributed by atoms with van der Waals surface area (Å²) >= 11 is 0. The molecule has 2 aromatic carbocycles. The van der Waals surface area contributed by atoms with Crippen LogP contribution in [0.1, 0.15) is 30.5 Å². The molecule has 0 saturated carbocycles. The lowest BCUT2D eigenvalue weighted by Crippen LogP contribution is -2.30. The highest BCUT2D eigenvalue weighted by molar-refractivity contribution is 5.61. The molecule has 0 amide bonds. The van der Waals surface area contributed by atoms with Crippen LogP contribution in [0.15, 0.2) is 48.5 Å². The monoisotopic (exact) mass is 264 g/mol. The Morgan fingerprint density at radius 1 is 1.10 bits per heavy atom. The molecule has 0 N–H and O–H groups in total. The van der Waals surface area contributed by atoms with Gasteiger partial charge < -0.3 is 4.90 Å². The van der Waals surface area contributed by atoms with Crippen molar-refractivity contribution < 1.29 is 0 Å². The average molecular weight is 264 g/mol. The highest BCUT2D eigenvalue weighted by atomic mass is 15.2. The maximum absolute atomic E-state index is 9.36. The van der Waals surface area contributed by atoms with Crippen molar-refractivity contribution in [1.82, 2.24) is 0 Å². The number of benzene rings is 2. The normalized spacial score (nSPS) is 10.3. The SMILES string of the molecule is Cc1ccc(N(Cc2ccccc2)C(C)C)c(C#N)c1. The molecule has 0 radical (unpaired) electrons. The summed E-state index contributed by atoms with van der Waals surface area (Å²) in [7, 11) is 0. The number of hydrogen-bond acceptors (Lipinski definition) is 2. The van der Waals surface area contributed by atoms with Crippen LogP contribution in [-0.2, 0) is 6.54 Å². The minimum Gasteiger partial charge on any atom is -0.364 e. The lowest BCUT2D eigenvalue weighted by Gasteiger charge is -2.30. The quantitative estimate of drug-likeness (QED) is 0.824. The summed E-state index contributed by atoms with van der Waals surface area (Å²) in [5, 5.41) is 9.36. The molecule has 0 unspecified atom stereocenters. The van der Waals surface area contributed by atoms with Crippen LogP contribution in [-0.4, -0.2) is 6.04 Å². The highest BCUT2D eigenvalue weighted by Gasteiger charge is 2.15. The molecule has 0 aliphatic rings. The van der Waals surface area contributed by atoms with Crippen molar-refractivity contribution in [2.75, 3.05) is 4.90 Å². The smallest absolute Gasteiger partial charge is 0.101 e. The largest absolute Gasteiger partial charge is 0.364 e. The Bertz CT molecular complexity index is 609. The molecule has 102 valence electrons. The molecule has 0 heterocycles. The van der Waals surface area contributed by atoms with Crippen LogP contribution in [0.2, 0.25) is 0 Å². The first-order valence-electron chi connectivity index (χ1n) is 6.93. The predicted octanol–water partition coefficient (Wildman–Crippen LogP) is 4.28. The van der Waals surface area contributed by atoms with E-state index in [1.807, 2.05) is 31.2 Å². The van der Waals surface area contributed by atoms with Gasteiger partial charge in [0.2, 0.25) is 0 Å². The third kappa shape index (κ3) is 3.19. The molecular weight excluding hydrogens is 244 g/mol. The fourth-order valence-corrected chi connectivity index (χ4v) is 2.32. The van der Waals surface area contributed by atoms with Crippen LogP contribution in [0.25, 0.3) is 0 Å².